The Labute approximate surface area is 208 Å². The number of ether oxygens (including phenoxy) is 1. The van der Waals surface area contributed by atoms with Gasteiger partial charge in [0.15, 0.2) is 0 Å². The molecule has 3 N–H and O–H groups in total. The molecule has 2 fully saturated rings. The zero-order valence-electron chi connectivity index (χ0n) is 21.2. The number of piperidine rings is 1. The number of halogens is 1. The third-order valence-electron chi connectivity index (χ3n) is 7.93. The number of likely N-dealkylation sites (tertiary alicyclic amines) is 1. The number of hydrogen-bond donors (Lipinski definition) is 2. The van der Waals surface area contributed by atoms with Crippen LogP contribution >= 0.6 is 0 Å². The van der Waals surface area contributed by atoms with Gasteiger partial charge in [0.05, 0.1) is 11.5 Å². The Hall–Kier alpha value is -2.28. The topological polar surface area (TPSA) is 75.8 Å². The van der Waals surface area contributed by atoms with Crippen molar-refractivity contribution in [1.82, 2.24) is 4.90 Å². The van der Waals surface area contributed by atoms with Crippen LogP contribution in [0.1, 0.15) is 56.6 Å². The molecular formula is C29H39FN2O3. The molecule has 2 aromatic rings. The van der Waals surface area contributed by atoms with Crippen LogP contribution in [0.3, 0.4) is 0 Å². The van der Waals surface area contributed by atoms with Crippen molar-refractivity contribution in [2.24, 2.45) is 17.6 Å². The SMILES string of the molecule is COCCCC[C@@](O)(c1cccc(F)c1-c1cccc(C)c1)[C@@H]1CCCN(C(=O)[C@@H]2C[C@@]2(C)N)C1. The van der Waals surface area contributed by atoms with E-state index in [0.29, 0.717) is 43.7 Å². The first-order chi connectivity index (χ1) is 16.7. The van der Waals surface area contributed by atoms with Gasteiger partial charge in [-0.25, -0.2) is 4.39 Å². The van der Waals surface area contributed by atoms with Crippen LogP contribution in [0, 0.1) is 24.6 Å². The van der Waals surface area contributed by atoms with Gasteiger partial charge in [-0.05, 0) is 69.6 Å². The first-order valence-electron chi connectivity index (χ1n) is 12.8. The third-order valence-corrected chi connectivity index (χ3v) is 7.93. The van der Waals surface area contributed by atoms with E-state index in [2.05, 4.69) is 0 Å². The molecular weight excluding hydrogens is 443 g/mol. The highest BCUT2D eigenvalue weighted by Gasteiger charge is 2.54. The molecule has 190 valence electrons. The molecule has 5 nitrogen and oxygen atoms in total. The van der Waals surface area contributed by atoms with Crippen molar-refractivity contribution in [2.75, 3.05) is 26.8 Å². The summed E-state index contributed by atoms with van der Waals surface area (Å²) in [7, 11) is 1.67. The van der Waals surface area contributed by atoms with E-state index in [1.54, 1.807) is 13.2 Å². The summed E-state index contributed by atoms with van der Waals surface area (Å²) in [6.07, 6.45) is 4.30. The molecule has 1 saturated carbocycles. The van der Waals surface area contributed by atoms with Crippen molar-refractivity contribution in [1.29, 1.82) is 0 Å². The molecule has 0 bridgehead atoms. The summed E-state index contributed by atoms with van der Waals surface area (Å²) in [6, 6.07) is 12.7. The van der Waals surface area contributed by atoms with Crippen LogP contribution in [0.4, 0.5) is 4.39 Å². The van der Waals surface area contributed by atoms with Crippen LogP contribution < -0.4 is 5.73 Å². The molecule has 1 heterocycles. The standard InChI is InChI=1S/C29H39FN2O3/c1-20-9-6-10-21(17-20)26-23(12-7-13-25(26)30)29(34,14-4-5-16-35-3)22-11-8-15-32(19-22)27(33)24-18-28(24,2)31/h6-7,9-10,12-13,17,22,24,34H,4-5,8,11,14-16,18-19,31H2,1-3H3/t22-,24+,28-,29+/m1/s1. The molecule has 1 aliphatic heterocycles. The number of amides is 1. The Morgan fingerprint density at radius 3 is 2.71 bits per heavy atom. The van der Waals surface area contributed by atoms with Gasteiger partial charge in [0.2, 0.25) is 5.91 Å². The van der Waals surface area contributed by atoms with Gasteiger partial charge in [-0.1, -0.05) is 42.0 Å². The normalized spacial score (nSPS) is 25.8. The second-order valence-corrected chi connectivity index (χ2v) is 10.8. The zero-order chi connectivity index (χ0) is 25.2. The Morgan fingerprint density at radius 1 is 1.29 bits per heavy atom. The fourth-order valence-electron chi connectivity index (χ4n) is 5.72. The zero-order valence-corrected chi connectivity index (χ0v) is 21.2. The van der Waals surface area contributed by atoms with Gasteiger partial charge in [-0.2, -0.15) is 0 Å². The lowest BCUT2D eigenvalue weighted by atomic mass is 9.72. The summed E-state index contributed by atoms with van der Waals surface area (Å²) in [5.74, 6) is -0.604. The predicted octanol–water partition coefficient (Wildman–Crippen LogP) is 4.78. The summed E-state index contributed by atoms with van der Waals surface area (Å²) < 4.78 is 20.6. The maximum atomic E-state index is 15.4. The number of rotatable bonds is 9. The molecule has 4 rings (SSSR count). The molecule has 4 atom stereocenters. The summed E-state index contributed by atoms with van der Waals surface area (Å²) in [5.41, 5.74) is 7.33. The predicted molar refractivity (Wildman–Crippen MR) is 136 cm³/mol. The number of unbranched alkanes of at least 4 members (excludes halogenated alkanes) is 1. The molecule has 1 amide bonds. The van der Waals surface area contributed by atoms with E-state index in [1.807, 2.05) is 49.1 Å². The third kappa shape index (κ3) is 5.45. The van der Waals surface area contributed by atoms with E-state index in [4.69, 9.17) is 10.5 Å². The minimum atomic E-state index is -1.27. The van der Waals surface area contributed by atoms with Crippen molar-refractivity contribution in [3.05, 3.63) is 59.4 Å². The quantitative estimate of drug-likeness (QED) is 0.505. The first-order valence-corrected chi connectivity index (χ1v) is 12.8. The molecule has 0 spiro atoms. The second kappa shape index (κ2) is 10.4. The van der Waals surface area contributed by atoms with Gasteiger partial charge in [0.1, 0.15) is 5.82 Å². The number of carbonyl (C=O) groups is 1. The molecule has 0 unspecified atom stereocenters. The first kappa shape index (κ1) is 25.8. The Morgan fingerprint density at radius 2 is 2.03 bits per heavy atom. The minimum absolute atomic E-state index is 0.0829. The molecule has 35 heavy (non-hydrogen) atoms. The number of hydrogen-bond acceptors (Lipinski definition) is 4. The van der Waals surface area contributed by atoms with Crippen molar-refractivity contribution in [2.45, 2.75) is 63.5 Å². The van der Waals surface area contributed by atoms with Crippen LogP contribution in [0.15, 0.2) is 42.5 Å². The van der Waals surface area contributed by atoms with Crippen molar-refractivity contribution >= 4 is 5.91 Å². The van der Waals surface area contributed by atoms with Gasteiger partial charge in [-0.15, -0.1) is 0 Å². The fraction of sp³-hybridized carbons (Fsp3) is 0.552. The highest BCUT2D eigenvalue weighted by Crippen LogP contribution is 2.46. The van der Waals surface area contributed by atoms with Gasteiger partial charge in [-0.3, -0.25) is 4.79 Å². The maximum absolute atomic E-state index is 15.4. The van der Waals surface area contributed by atoms with E-state index >= 15 is 4.39 Å². The molecule has 0 aromatic heterocycles. The summed E-state index contributed by atoms with van der Waals surface area (Å²) in [6.45, 7) is 5.64. The number of aryl methyl sites for hydroxylation is 1. The number of benzene rings is 2. The summed E-state index contributed by atoms with van der Waals surface area (Å²) in [4.78, 5) is 15.0. The number of methoxy groups -OCH3 is 1. The lowest BCUT2D eigenvalue weighted by Crippen LogP contribution is -2.49. The smallest absolute Gasteiger partial charge is 0.227 e. The van der Waals surface area contributed by atoms with Gasteiger partial charge >= 0.3 is 0 Å². The average molecular weight is 483 g/mol. The Bertz CT molecular complexity index is 1060. The number of carbonyl (C=O) groups excluding carboxylic acids is 1. The molecule has 1 saturated heterocycles. The molecule has 2 aromatic carbocycles. The molecule has 2 aliphatic rings. The van der Waals surface area contributed by atoms with Crippen molar-refractivity contribution in [3.63, 3.8) is 0 Å². The van der Waals surface area contributed by atoms with E-state index in [1.165, 1.54) is 6.07 Å². The van der Waals surface area contributed by atoms with E-state index < -0.39 is 11.1 Å². The van der Waals surface area contributed by atoms with Crippen LogP contribution in [-0.4, -0.2) is 48.3 Å². The Kier molecular flexibility index (Phi) is 7.65. The highest BCUT2D eigenvalue weighted by molar-refractivity contribution is 5.83. The number of aliphatic hydroxyl groups is 1. The van der Waals surface area contributed by atoms with E-state index in [0.717, 1.165) is 36.8 Å². The van der Waals surface area contributed by atoms with Crippen LogP contribution in [0.5, 0.6) is 0 Å². The van der Waals surface area contributed by atoms with Crippen LogP contribution in [0.2, 0.25) is 0 Å². The lowest BCUT2D eigenvalue weighted by Gasteiger charge is -2.44. The summed E-state index contributed by atoms with van der Waals surface area (Å²) >= 11 is 0. The fourth-order valence-corrected chi connectivity index (χ4v) is 5.72. The maximum Gasteiger partial charge on any atom is 0.227 e. The second-order valence-electron chi connectivity index (χ2n) is 10.8. The van der Waals surface area contributed by atoms with Gasteiger partial charge in [0.25, 0.3) is 0 Å². The van der Waals surface area contributed by atoms with Crippen LogP contribution in [-0.2, 0) is 15.1 Å². The number of nitrogens with zero attached hydrogens (tertiary/aromatic N) is 1. The van der Waals surface area contributed by atoms with Gasteiger partial charge in [0, 0.05) is 43.8 Å². The Balaban J connectivity index is 1.71. The van der Waals surface area contributed by atoms with Crippen LogP contribution in [0.25, 0.3) is 11.1 Å². The molecule has 1 aliphatic carbocycles. The highest BCUT2D eigenvalue weighted by atomic mass is 19.1. The number of nitrogens with two attached hydrogens (primary N) is 1. The van der Waals surface area contributed by atoms with E-state index in [-0.39, 0.29) is 23.6 Å². The van der Waals surface area contributed by atoms with Crippen molar-refractivity contribution < 1.29 is 19.0 Å². The van der Waals surface area contributed by atoms with Gasteiger partial charge < -0.3 is 20.5 Å². The monoisotopic (exact) mass is 482 g/mol. The molecule has 0 radical (unpaired) electrons. The average Bonchev–Trinajstić information content (AvgIpc) is 3.49. The summed E-state index contributed by atoms with van der Waals surface area (Å²) in [5, 5.41) is 12.4. The largest absolute Gasteiger partial charge is 0.385 e. The van der Waals surface area contributed by atoms with E-state index in [9.17, 15) is 9.90 Å². The lowest BCUT2D eigenvalue weighted by molar-refractivity contribution is -0.138. The minimum Gasteiger partial charge on any atom is -0.385 e. The molecule has 6 heteroatoms. The van der Waals surface area contributed by atoms with Crippen molar-refractivity contribution in [3.8, 4) is 11.1 Å².